The molecule has 3 rings (SSSR count). The number of sulfonamides is 1. The lowest BCUT2D eigenvalue weighted by Crippen LogP contribution is -2.45. The number of hydrogen-bond acceptors (Lipinski definition) is 6. The van der Waals surface area contributed by atoms with Gasteiger partial charge in [-0.3, -0.25) is 4.79 Å². The lowest BCUT2D eigenvalue weighted by Gasteiger charge is -2.31. The number of carboxylic acid groups (broad SMARTS) is 1. The number of methoxy groups -OCH3 is 1. The largest absolute Gasteiger partial charge is 0.480 e. The molecule has 1 aromatic rings. The number of carboxylic acids is 1. The van der Waals surface area contributed by atoms with E-state index in [-0.39, 0.29) is 21.7 Å². The third-order valence-corrected chi connectivity index (χ3v) is 7.82. The second-order valence-electron chi connectivity index (χ2n) is 6.17. The van der Waals surface area contributed by atoms with Crippen LogP contribution in [-0.4, -0.2) is 49.0 Å². The van der Waals surface area contributed by atoms with Gasteiger partial charge < -0.3 is 9.84 Å². The van der Waals surface area contributed by atoms with E-state index in [2.05, 4.69) is 4.74 Å². The lowest BCUT2D eigenvalue weighted by molar-refractivity contribution is -0.141. The van der Waals surface area contributed by atoms with Crippen molar-refractivity contribution in [1.29, 1.82) is 0 Å². The first-order valence-corrected chi connectivity index (χ1v) is 10.1. The first kappa shape index (κ1) is 17.4. The average molecular weight is 373 g/mol. The van der Waals surface area contributed by atoms with Gasteiger partial charge in [-0.25, -0.2) is 13.2 Å². The summed E-state index contributed by atoms with van der Waals surface area (Å²) in [5, 5.41) is 10.9. The number of fused-ring (bicyclic) bond motifs is 1. The van der Waals surface area contributed by atoms with Crippen molar-refractivity contribution in [2.24, 2.45) is 5.92 Å². The molecule has 0 radical (unpaired) electrons. The molecule has 9 heteroatoms. The number of thiophene rings is 1. The van der Waals surface area contributed by atoms with Gasteiger partial charge in [0.1, 0.15) is 10.9 Å². The average Bonchev–Trinajstić information content (AvgIpc) is 3.19. The van der Waals surface area contributed by atoms with E-state index < -0.39 is 28.0 Å². The number of carbonyl (C=O) groups is 2. The van der Waals surface area contributed by atoms with E-state index in [1.165, 1.54) is 22.9 Å². The maximum absolute atomic E-state index is 13.0. The second kappa shape index (κ2) is 6.45. The predicted octanol–water partition coefficient (Wildman–Crippen LogP) is 1.94. The number of ether oxygens (including phenoxy) is 1. The van der Waals surface area contributed by atoms with Crippen molar-refractivity contribution in [3.63, 3.8) is 0 Å². The molecule has 3 atom stereocenters. The second-order valence-corrected chi connectivity index (χ2v) is 8.93. The molecule has 1 aliphatic heterocycles. The van der Waals surface area contributed by atoms with Gasteiger partial charge in [0.15, 0.2) is 0 Å². The van der Waals surface area contributed by atoms with Crippen molar-refractivity contribution in [2.75, 3.05) is 7.11 Å². The van der Waals surface area contributed by atoms with Crippen LogP contribution in [-0.2, 0) is 19.6 Å². The number of nitrogens with zero attached hydrogens (tertiary/aromatic N) is 1. The van der Waals surface area contributed by atoms with Crippen LogP contribution < -0.4 is 0 Å². The summed E-state index contributed by atoms with van der Waals surface area (Å²) in [6.45, 7) is 0. The Morgan fingerprint density at radius 2 is 2.04 bits per heavy atom. The minimum Gasteiger partial charge on any atom is -0.480 e. The molecule has 1 saturated heterocycles. The molecule has 7 nitrogen and oxygen atoms in total. The molecule has 132 valence electrons. The van der Waals surface area contributed by atoms with Crippen LogP contribution in [0.4, 0.5) is 0 Å². The number of rotatable bonds is 4. The van der Waals surface area contributed by atoms with Crippen LogP contribution in [0.1, 0.15) is 41.8 Å². The Hall–Kier alpha value is -1.45. The summed E-state index contributed by atoms with van der Waals surface area (Å²) in [4.78, 5) is 23.3. The van der Waals surface area contributed by atoms with E-state index in [1.54, 1.807) is 0 Å². The van der Waals surface area contributed by atoms with Crippen LogP contribution >= 0.6 is 11.3 Å². The molecule has 3 unspecified atom stereocenters. The minimum absolute atomic E-state index is 0.0367. The summed E-state index contributed by atoms with van der Waals surface area (Å²) < 4.78 is 31.9. The summed E-state index contributed by atoms with van der Waals surface area (Å²) in [5.41, 5.74) is 0. The van der Waals surface area contributed by atoms with Crippen molar-refractivity contribution >= 4 is 33.3 Å². The number of carbonyl (C=O) groups excluding carboxylic acids is 1. The highest BCUT2D eigenvalue weighted by Crippen LogP contribution is 2.43. The monoisotopic (exact) mass is 373 g/mol. The molecule has 2 heterocycles. The van der Waals surface area contributed by atoms with Gasteiger partial charge in [-0.2, -0.15) is 4.31 Å². The maximum atomic E-state index is 13.0. The molecule has 0 bridgehead atoms. The smallest absolute Gasteiger partial charge is 0.348 e. The first-order valence-electron chi connectivity index (χ1n) is 7.79. The van der Waals surface area contributed by atoms with E-state index in [1.807, 2.05) is 0 Å². The highest BCUT2D eigenvalue weighted by molar-refractivity contribution is 7.89. The molecular formula is C15H19NO6S2. The lowest BCUT2D eigenvalue weighted by atomic mass is 9.85. The van der Waals surface area contributed by atoms with Gasteiger partial charge in [-0.15, -0.1) is 11.3 Å². The number of esters is 1. The number of hydrogen-bond donors (Lipinski definition) is 1. The highest BCUT2D eigenvalue weighted by atomic mass is 32.2. The van der Waals surface area contributed by atoms with Crippen LogP contribution in [0.15, 0.2) is 16.3 Å². The first-order chi connectivity index (χ1) is 11.4. The molecule has 2 fully saturated rings. The van der Waals surface area contributed by atoms with Gasteiger partial charge in [0.2, 0.25) is 10.0 Å². The van der Waals surface area contributed by atoms with Gasteiger partial charge in [-0.1, -0.05) is 12.8 Å². The fourth-order valence-corrected chi connectivity index (χ4v) is 6.81. The van der Waals surface area contributed by atoms with Gasteiger partial charge in [0, 0.05) is 11.4 Å². The molecule has 0 amide bonds. The molecule has 2 aliphatic rings. The summed E-state index contributed by atoms with van der Waals surface area (Å²) in [6, 6.07) is -0.0446. The van der Waals surface area contributed by atoms with Crippen molar-refractivity contribution in [3.05, 3.63) is 16.3 Å². The third kappa shape index (κ3) is 2.84. The van der Waals surface area contributed by atoms with Gasteiger partial charge in [-0.05, 0) is 31.2 Å². The quantitative estimate of drug-likeness (QED) is 0.810. The van der Waals surface area contributed by atoms with Crippen LogP contribution in [0.25, 0.3) is 0 Å². The molecule has 0 spiro atoms. The van der Waals surface area contributed by atoms with E-state index >= 15 is 0 Å². The highest BCUT2D eigenvalue weighted by Gasteiger charge is 2.51. The SMILES string of the molecule is COC(=O)c1cc(S(=O)(=O)N2C(C(=O)O)CC3CCCCC32)cs1. The van der Waals surface area contributed by atoms with Crippen molar-refractivity contribution in [2.45, 2.75) is 49.1 Å². The Balaban J connectivity index is 1.98. The molecule has 1 aromatic heterocycles. The van der Waals surface area contributed by atoms with Crippen LogP contribution in [0.3, 0.4) is 0 Å². The normalized spacial score (nSPS) is 27.6. The van der Waals surface area contributed by atoms with E-state index in [0.29, 0.717) is 12.8 Å². The van der Waals surface area contributed by atoms with E-state index in [9.17, 15) is 23.1 Å². The number of aliphatic carboxylic acids is 1. The summed E-state index contributed by atoms with van der Waals surface area (Å²) in [5.74, 6) is -1.63. The van der Waals surface area contributed by atoms with Gasteiger partial charge in [0.05, 0.1) is 12.0 Å². The topological polar surface area (TPSA) is 101 Å². The van der Waals surface area contributed by atoms with Crippen molar-refractivity contribution < 1.29 is 27.9 Å². The molecular weight excluding hydrogens is 354 g/mol. The minimum atomic E-state index is -3.97. The molecule has 0 aromatic carbocycles. The fourth-order valence-electron chi connectivity index (χ4n) is 3.76. The molecule has 1 N–H and O–H groups in total. The Kier molecular flexibility index (Phi) is 4.67. The standard InChI is InChI=1S/C15H19NO6S2/c1-22-15(19)13-7-10(8-23-13)24(20,21)16-11-5-3-2-4-9(11)6-12(16)14(17)18/h7-9,11-12H,2-6H2,1H3,(H,17,18). The molecule has 24 heavy (non-hydrogen) atoms. The van der Waals surface area contributed by atoms with Crippen LogP contribution in [0, 0.1) is 5.92 Å². The van der Waals surface area contributed by atoms with Gasteiger partial charge >= 0.3 is 11.9 Å². The Bertz CT molecular complexity index is 756. The van der Waals surface area contributed by atoms with Crippen LogP contribution in [0.2, 0.25) is 0 Å². The van der Waals surface area contributed by atoms with E-state index in [0.717, 1.165) is 30.6 Å². The molecule has 1 saturated carbocycles. The Morgan fingerprint density at radius 1 is 1.33 bits per heavy atom. The van der Waals surface area contributed by atoms with Crippen molar-refractivity contribution in [1.82, 2.24) is 4.31 Å². The predicted molar refractivity (Wildman–Crippen MR) is 86.5 cm³/mol. The zero-order valence-electron chi connectivity index (χ0n) is 13.2. The van der Waals surface area contributed by atoms with Gasteiger partial charge in [0.25, 0.3) is 0 Å². The molecule has 1 aliphatic carbocycles. The Labute approximate surface area is 144 Å². The zero-order chi connectivity index (χ0) is 17.5. The third-order valence-electron chi connectivity index (χ3n) is 4.85. The van der Waals surface area contributed by atoms with E-state index in [4.69, 9.17) is 0 Å². The van der Waals surface area contributed by atoms with Crippen LogP contribution in [0.5, 0.6) is 0 Å². The maximum Gasteiger partial charge on any atom is 0.348 e. The van der Waals surface area contributed by atoms with Crippen molar-refractivity contribution in [3.8, 4) is 0 Å². The summed E-state index contributed by atoms with van der Waals surface area (Å²) >= 11 is 0.979. The fraction of sp³-hybridized carbons (Fsp3) is 0.600. The summed E-state index contributed by atoms with van der Waals surface area (Å²) in [6.07, 6.45) is 3.80. The Morgan fingerprint density at radius 3 is 2.71 bits per heavy atom. The zero-order valence-corrected chi connectivity index (χ0v) is 14.8. The summed E-state index contributed by atoms with van der Waals surface area (Å²) in [7, 11) is -2.74.